The molecule has 3 nitrogen and oxygen atoms in total. The first kappa shape index (κ1) is 9.39. The van der Waals surface area contributed by atoms with Gasteiger partial charge >= 0.3 is 0 Å². The van der Waals surface area contributed by atoms with E-state index in [1.807, 2.05) is 6.07 Å². The number of H-pyrrole nitrogens is 1. The van der Waals surface area contributed by atoms with E-state index < -0.39 is 0 Å². The van der Waals surface area contributed by atoms with Gasteiger partial charge < -0.3 is 5.73 Å². The quantitative estimate of drug-likeness (QED) is 0.770. The van der Waals surface area contributed by atoms with Gasteiger partial charge in [0.2, 0.25) is 0 Å². The number of aryl methyl sites for hydroxylation is 2. The van der Waals surface area contributed by atoms with Crippen LogP contribution in [0.15, 0.2) is 18.2 Å². The zero-order valence-corrected chi connectivity index (χ0v) is 8.76. The van der Waals surface area contributed by atoms with Crippen LogP contribution in [0.4, 0.5) is 10.2 Å². The summed E-state index contributed by atoms with van der Waals surface area (Å²) in [6, 6.07) is 5.19. The molecule has 2 aromatic rings. The standard InChI is InChI=1S/C12H12FN3/c13-10-5-8-3-1-2-7(8)4-9(10)11-6-12(14)16-15-11/h4-6H,1-3H2,(H3,14,15,16). The molecule has 1 aliphatic rings. The van der Waals surface area contributed by atoms with Gasteiger partial charge in [0.15, 0.2) is 0 Å². The van der Waals surface area contributed by atoms with E-state index in [1.54, 1.807) is 12.1 Å². The van der Waals surface area contributed by atoms with Crippen molar-refractivity contribution in [3.8, 4) is 11.3 Å². The number of aromatic nitrogens is 2. The SMILES string of the molecule is Nc1cc(-c2cc3c(cc2F)CCC3)[nH]n1. The third-order valence-corrected chi connectivity index (χ3v) is 3.07. The first-order valence-electron chi connectivity index (χ1n) is 5.36. The van der Waals surface area contributed by atoms with Crippen molar-refractivity contribution in [2.45, 2.75) is 19.3 Å². The van der Waals surface area contributed by atoms with Crippen LogP contribution in [0.5, 0.6) is 0 Å². The van der Waals surface area contributed by atoms with Crippen LogP contribution in [0.1, 0.15) is 17.5 Å². The molecular formula is C12H12FN3. The zero-order valence-electron chi connectivity index (χ0n) is 8.76. The average Bonchev–Trinajstić information content (AvgIpc) is 2.84. The molecule has 4 heteroatoms. The molecule has 1 aliphatic carbocycles. The lowest BCUT2D eigenvalue weighted by Crippen LogP contribution is -1.90. The minimum Gasteiger partial charge on any atom is -0.382 e. The fourth-order valence-corrected chi connectivity index (χ4v) is 2.28. The highest BCUT2D eigenvalue weighted by Crippen LogP contribution is 2.30. The average molecular weight is 217 g/mol. The summed E-state index contributed by atoms with van der Waals surface area (Å²) in [7, 11) is 0. The molecule has 0 saturated carbocycles. The molecule has 0 radical (unpaired) electrons. The summed E-state index contributed by atoms with van der Waals surface area (Å²) in [6.07, 6.45) is 3.13. The highest BCUT2D eigenvalue weighted by molar-refractivity contribution is 5.64. The van der Waals surface area contributed by atoms with Crippen LogP contribution in [-0.2, 0) is 12.8 Å². The van der Waals surface area contributed by atoms with Crippen LogP contribution >= 0.6 is 0 Å². The van der Waals surface area contributed by atoms with Crippen molar-refractivity contribution in [2.75, 3.05) is 5.73 Å². The van der Waals surface area contributed by atoms with E-state index in [1.165, 1.54) is 5.56 Å². The van der Waals surface area contributed by atoms with E-state index >= 15 is 0 Å². The third-order valence-electron chi connectivity index (χ3n) is 3.07. The number of nitrogens with zero attached hydrogens (tertiary/aromatic N) is 1. The molecule has 0 fully saturated rings. The maximum Gasteiger partial charge on any atom is 0.145 e. The van der Waals surface area contributed by atoms with E-state index in [0.717, 1.165) is 24.8 Å². The first-order valence-corrected chi connectivity index (χ1v) is 5.36. The topological polar surface area (TPSA) is 54.7 Å². The van der Waals surface area contributed by atoms with Crippen molar-refractivity contribution in [3.05, 3.63) is 35.1 Å². The molecule has 3 N–H and O–H groups in total. The van der Waals surface area contributed by atoms with Gasteiger partial charge in [-0.1, -0.05) is 0 Å². The summed E-state index contributed by atoms with van der Waals surface area (Å²) >= 11 is 0. The molecule has 0 aliphatic heterocycles. The van der Waals surface area contributed by atoms with Gasteiger partial charge in [-0.05, 0) is 42.5 Å². The predicted octanol–water partition coefficient (Wildman–Crippen LogP) is 2.29. The minimum atomic E-state index is -0.204. The summed E-state index contributed by atoms with van der Waals surface area (Å²) < 4.78 is 13.9. The molecule has 16 heavy (non-hydrogen) atoms. The highest BCUT2D eigenvalue weighted by Gasteiger charge is 2.16. The zero-order chi connectivity index (χ0) is 11.1. The van der Waals surface area contributed by atoms with Gasteiger partial charge in [-0.2, -0.15) is 5.10 Å². The van der Waals surface area contributed by atoms with E-state index in [0.29, 0.717) is 17.1 Å². The largest absolute Gasteiger partial charge is 0.382 e. The normalized spacial score (nSPS) is 14.1. The van der Waals surface area contributed by atoms with Crippen LogP contribution in [0.2, 0.25) is 0 Å². The summed E-state index contributed by atoms with van der Waals surface area (Å²) in [5.41, 5.74) is 9.09. The van der Waals surface area contributed by atoms with Crippen molar-refractivity contribution in [1.29, 1.82) is 0 Å². The second kappa shape index (κ2) is 3.33. The fourth-order valence-electron chi connectivity index (χ4n) is 2.28. The molecule has 0 saturated heterocycles. The Labute approximate surface area is 92.5 Å². The van der Waals surface area contributed by atoms with E-state index in [2.05, 4.69) is 10.2 Å². The van der Waals surface area contributed by atoms with Crippen molar-refractivity contribution in [2.24, 2.45) is 0 Å². The number of nitrogens with two attached hydrogens (primary N) is 1. The Morgan fingerprint density at radius 2 is 1.94 bits per heavy atom. The van der Waals surface area contributed by atoms with Gasteiger partial charge in [0.25, 0.3) is 0 Å². The number of rotatable bonds is 1. The Morgan fingerprint density at radius 1 is 1.19 bits per heavy atom. The Kier molecular flexibility index (Phi) is 1.96. The lowest BCUT2D eigenvalue weighted by Gasteiger charge is -2.04. The summed E-state index contributed by atoms with van der Waals surface area (Å²) in [5, 5.41) is 6.55. The van der Waals surface area contributed by atoms with Crippen molar-refractivity contribution >= 4 is 5.82 Å². The first-order chi connectivity index (χ1) is 7.74. The summed E-state index contributed by atoms with van der Waals surface area (Å²) in [5.74, 6) is 0.180. The Balaban J connectivity index is 2.14. The maximum absolute atomic E-state index is 13.9. The number of halogens is 1. The summed E-state index contributed by atoms with van der Waals surface area (Å²) in [4.78, 5) is 0. The van der Waals surface area contributed by atoms with Crippen molar-refractivity contribution < 1.29 is 4.39 Å². The minimum absolute atomic E-state index is 0.204. The second-order valence-corrected chi connectivity index (χ2v) is 4.16. The van der Waals surface area contributed by atoms with Gasteiger partial charge in [0.05, 0.1) is 5.69 Å². The molecule has 3 rings (SSSR count). The Hall–Kier alpha value is -1.84. The highest BCUT2D eigenvalue weighted by atomic mass is 19.1. The number of anilines is 1. The molecule has 1 aromatic carbocycles. The van der Waals surface area contributed by atoms with Gasteiger partial charge in [-0.25, -0.2) is 4.39 Å². The summed E-state index contributed by atoms with van der Waals surface area (Å²) in [6.45, 7) is 0. The number of hydrogen-bond acceptors (Lipinski definition) is 2. The molecule has 0 bridgehead atoms. The third kappa shape index (κ3) is 1.38. The van der Waals surface area contributed by atoms with Crippen LogP contribution in [0, 0.1) is 5.82 Å². The number of aromatic amines is 1. The number of nitrogen functional groups attached to an aromatic ring is 1. The maximum atomic E-state index is 13.9. The van der Waals surface area contributed by atoms with Crippen LogP contribution in [-0.4, -0.2) is 10.2 Å². The molecule has 1 aromatic heterocycles. The lowest BCUT2D eigenvalue weighted by atomic mass is 10.0. The van der Waals surface area contributed by atoms with Gasteiger partial charge in [0.1, 0.15) is 11.6 Å². The molecule has 0 amide bonds. The molecule has 0 atom stereocenters. The Morgan fingerprint density at radius 3 is 2.62 bits per heavy atom. The predicted molar refractivity (Wildman–Crippen MR) is 60.4 cm³/mol. The van der Waals surface area contributed by atoms with E-state index in [4.69, 9.17) is 5.73 Å². The number of fused-ring (bicyclic) bond motifs is 1. The second-order valence-electron chi connectivity index (χ2n) is 4.16. The molecule has 1 heterocycles. The Bertz CT molecular complexity index is 545. The van der Waals surface area contributed by atoms with Crippen molar-refractivity contribution in [3.63, 3.8) is 0 Å². The lowest BCUT2D eigenvalue weighted by molar-refractivity contribution is 0.628. The van der Waals surface area contributed by atoms with Crippen LogP contribution in [0.25, 0.3) is 11.3 Å². The number of nitrogens with one attached hydrogen (secondary N) is 1. The van der Waals surface area contributed by atoms with Gasteiger partial charge in [-0.15, -0.1) is 0 Å². The van der Waals surface area contributed by atoms with Gasteiger partial charge in [0, 0.05) is 11.6 Å². The van der Waals surface area contributed by atoms with E-state index in [9.17, 15) is 4.39 Å². The van der Waals surface area contributed by atoms with Gasteiger partial charge in [-0.3, -0.25) is 5.10 Å². The molecule has 0 spiro atoms. The van der Waals surface area contributed by atoms with Crippen molar-refractivity contribution in [1.82, 2.24) is 10.2 Å². The molecule has 0 unspecified atom stereocenters. The molecular weight excluding hydrogens is 205 g/mol. The number of hydrogen-bond donors (Lipinski definition) is 2. The number of benzene rings is 1. The fraction of sp³-hybridized carbons (Fsp3) is 0.250. The van der Waals surface area contributed by atoms with E-state index in [-0.39, 0.29) is 5.82 Å². The smallest absolute Gasteiger partial charge is 0.145 e. The van der Waals surface area contributed by atoms with Crippen LogP contribution < -0.4 is 5.73 Å². The molecule has 82 valence electrons. The monoisotopic (exact) mass is 217 g/mol. The van der Waals surface area contributed by atoms with Crippen LogP contribution in [0.3, 0.4) is 0 Å².